The van der Waals surface area contributed by atoms with Crippen molar-refractivity contribution in [2.24, 2.45) is 0 Å². The number of hydrogen-bond donors (Lipinski definition) is 0. The number of ether oxygens (including phenoxy) is 1. The molecule has 0 radical (unpaired) electrons. The van der Waals surface area contributed by atoms with Gasteiger partial charge in [0.05, 0.1) is 10.2 Å². The van der Waals surface area contributed by atoms with E-state index in [1.807, 2.05) is 92.8 Å². The molecule has 6 aromatic rings. The zero-order valence-electron chi connectivity index (χ0n) is 23.2. The van der Waals surface area contributed by atoms with E-state index in [9.17, 15) is 9.59 Å². The first-order valence-corrected chi connectivity index (χ1v) is 14.2. The summed E-state index contributed by atoms with van der Waals surface area (Å²) in [4.78, 5) is 30.8. The van der Waals surface area contributed by atoms with E-state index in [1.54, 1.807) is 16.8 Å². The molecule has 0 bridgehead atoms. The summed E-state index contributed by atoms with van der Waals surface area (Å²) < 4.78 is 9.12. The maximum absolute atomic E-state index is 13.5. The van der Waals surface area contributed by atoms with Crippen molar-refractivity contribution in [2.45, 2.75) is 20.3 Å². The number of hydrogen-bond acceptors (Lipinski definition) is 7. The highest BCUT2D eigenvalue weighted by Gasteiger charge is 2.16. The summed E-state index contributed by atoms with van der Waals surface area (Å²) in [5.41, 5.74) is 5.72. The molecule has 3 aromatic heterocycles. The molecule has 0 saturated carbocycles. The number of rotatable bonds is 8. The second-order valence-electron chi connectivity index (χ2n) is 9.93. The molecule has 0 fully saturated rings. The molecule has 0 aliphatic carbocycles. The molecular weight excluding hydrogens is 546 g/mol. The first-order chi connectivity index (χ1) is 20.4. The normalized spacial score (nSPS) is 11.7. The van der Waals surface area contributed by atoms with E-state index in [4.69, 9.17) is 9.84 Å². The molecule has 0 aliphatic heterocycles. The molecule has 3 aromatic carbocycles. The number of aromatic nitrogens is 5. The largest absolute Gasteiger partial charge is 0.490 e. The zero-order valence-corrected chi connectivity index (χ0v) is 24.0. The van der Waals surface area contributed by atoms with Crippen molar-refractivity contribution >= 4 is 22.4 Å². The van der Waals surface area contributed by atoms with E-state index < -0.39 is 5.56 Å². The minimum absolute atomic E-state index is 0.227. The van der Waals surface area contributed by atoms with Gasteiger partial charge in [-0.25, -0.2) is 4.68 Å². The van der Waals surface area contributed by atoms with E-state index >= 15 is 0 Å². The van der Waals surface area contributed by atoms with Gasteiger partial charge in [-0.1, -0.05) is 72.0 Å². The molecule has 208 valence electrons. The number of aryl methyl sites for hydroxylation is 2. The predicted molar refractivity (Wildman–Crippen MR) is 166 cm³/mol. The van der Waals surface area contributed by atoms with Gasteiger partial charge in [0.25, 0.3) is 11.1 Å². The van der Waals surface area contributed by atoms with Crippen LogP contribution in [0.5, 0.6) is 5.75 Å². The van der Waals surface area contributed by atoms with Crippen LogP contribution in [0.3, 0.4) is 0 Å². The van der Waals surface area contributed by atoms with Crippen molar-refractivity contribution in [3.05, 3.63) is 145 Å². The summed E-state index contributed by atoms with van der Waals surface area (Å²) in [6.45, 7) is 8.12. The molecule has 3 heterocycles. The minimum atomic E-state index is -0.435. The van der Waals surface area contributed by atoms with Crippen molar-refractivity contribution in [3.8, 4) is 22.7 Å². The molecule has 6 rings (SSSR count). The Balaban J connectivity index is 1.46. The van der Waals surface area contributed by atoms with Crippen molar-refractivity contribution in [3.63, 3.8) is 0 Å². The van der Waals surface area contributed by atoms with E-state index in [1.165, 1.54) is 4.52 Å². The van der Waals surface area contributed by atoms with Gasteiger partial charge in [0.2, 0.25) is 4.96 Å². The fourth-order valence-corrected chi connectivity index (χ4v) is 5.55. The van der Waals surface area contributed by atoms with Crippen LogP contribution in [0.25, 0.3) is 28.0 Å². The Labute approximate surface area is 245 Å². The lowest BCUT2D eigenvalue weighted by Crippen LogP contribution is -2.28. The third-order valence-electron chi connectivity index (χ3n) is 6.81. The van der Waals surface area contributed by atoms with E-state index in [-0.39, 0.29) is 16.2 Å². The highest BCUT2D eigenvalue weighted by Crippen LogP contribution is 2.30. The molecule has 0 N–H and O–H groups in total. The smallest absolute Gasteiger partial charge is 0.296 e. The summed E-state index contributed by atoms with van der Waals surface area (Å²) in [5.74, 6) is 0.735. The molecule has 0 unspecified atom stereocenters. The summed E-state index contributed by atoms with van der Waals surface area (Å²) in [7, 11) is 0. The minimum Gasteiger partial charge on any atom is -0.490 e. The van der Waals surface area contributed by atoms with Crippen molar-refractivity contribution in [2.75, 3.05) is 6.61 Å². The number of nitrogens with zero attached hydrogens (tertiary/aromatic N) is 5. The first-order valence-electron chi connectivity index (χ1n) is 13.4. The van der Waals surface area contributed by atoms with Gasteiger partial charge in [0.1, 0.15) is 23.7 Å². The van der Waals surface area contributed by atoms with Crippen LogP contribution >= 0.6 is 11.3 Å². The fraction of sp³-hybridized carbons (Fsp3) is 0.121. The Kier molecular flexibility index (Phi) is 7.33. The molecule has 42 heavy (non-hydrogen) atoms. The number of para-hydroxylation sites is 1. The molecule has 0 aliphatic rings. The van der Waals surface area contributed by atoms with Crippen LogP contribution in [0, 0.1) is 13.8 Å². The second-order valence-corrected chi connectivity index (χ2v) is 10.9. The zero-order chi connectivity index (χ0) is 29.2. The van der Waals surface area contributed by atoms with Gasteiger partial charge in [0.15, 0.2) is 0 Å². The quantitative estimate of drug-likeness (QED) is 0.246. The van der Waals surface area contributed by atoms with Crippen molar-refractivity contribution < 1.29 is 4.74 Å². The highest BCUT2D eigenvalue weighted by molar-refractivity contribution is 7.15. The number of benzene rings is 3. The van der Waals surface area contributed by atoms with Gasteiger partial charge in [-0.3, -0.25) is 9.59 Å². The van der Waals surface area contributed by atoms with Crippen LogP contribution in [0.2, 0.25) is 0 Å². The third kappa shape index (κ3) is 5.42. The standard InChI is InChI=1S/C33H27N5O3S/c1-4-16-41-26-14-15-27(22(3)17-26)30-24(20-37(36-30)25-8-6-5-7-9-25)19-29-32(40)38-33(42-29)34-31(39)28(35-38)18-23-12-10-21(2)11-13-23/h4-15,17,19-20H,1,16,18H2,2-3H3. The average molecular weight is 574 g/mol. The molecule has 0 spiro atoms. The number of fused-ring (bicyclic) bond motifs is 1. The lowest BCUT2D eigenvalue weighted by molar-refractivity contribution is 0.363. The Bertz CT molecular complexity index is 2090. The Morgan fingerprint density at radius 2 is 1.76 bits per heavy atom. The molecule has 0 amide bonds. The van der Waals surface area contributed by atoms with Crippen LogP contribution in [-0.2, 0) is 6.42 Å². The first kappa shape index (κ1) is 27.0. The summed E-state index contributed by atoms with van der Waals surface area (Å²) in [6, 6.07) is 23.4. The summed E-state index contributed by atoms with van der Waals surface area (Å²) in [5, 5.41) is 9.32. The van der Waals surface area contributed by atoms with Gasteiger partial charge in [-0.15, -0.1) is 0 Å². The van der Waals surface area contributed by atoms with Gasteiger partial charge >= 0.3 is 0 Å². The van der Waals surface area contributed by atoms with Gasteiger partial charge in [-0.05, 0) is 61.4 Å². The molecular formula is C33H27N5O3S. The average Bonchev–Trinajstić information content (AvgIpc) is 3.54. The third-order valence-corrected chi connectivity index (χ3v) is 7.77. The van der Waals surface area contributed by atoms with Crippen LogP contribution in [0.15, 0.2) is 101 Å². The molecule has 8 nitrogen and oxygen atoms in total. The van der Waals surface area contributed by atoms with Gasteiger partial charge in [0, 0.05) is 23.7 Å². The molecule has 0 atom stereocenters. The highest BCUT2D eigenvalue weighted by atomic mass is 32.1. The van der Waals surface area contributed by atoms with E-state index in [2.05, 4.69) is 16.7 Å². The lowest BCUT2D eigenvalue weighted by atomic mass is 10.0. The van der Waals surface area contributed by atoms with Crippen molar-refractivity contribution in [1.82, 2.24) is 24.4 Å². The van der Waals surface area contributed by atoms with E-state index in [0.29, 0.717) is 23.3 Å². The van der Waals surface area contributed by atoms with Crippen LogP contribution in [0.1, 0.15) is 27.9 Å². The SMILES string of the molecule is C=CCOc1ccc(-c2nn(-c3ccccc3)cc2C=c2sc3nc(=O)c(Cc4ccc(C)cc4)nn3c2=O)c(C)c1. The number of thiazole rings is 1. The Hall–Kier alpha value is -5.15. The topological polar surface area (TPSA) is 91.4 Å². The monoisotopic (exact) mass is 573 g/mol. The maximum atomic E-state index is 13.5. The molecule has 0 saturated heterocycles. The summed E-state index contributed by atoms with van der Waals surface area (Å²) in [6.07, 6.45) is 5.68. The molecule has 9 heteroatoms. The van der Waals surface area contributed by atoms with Crippen LogP contribution in [0.4, 0.5) is 0 Å². The summed E-state index contributed by atoms with van der Waals surface area (Å²) >= 11 is 1.13. The van der Waals surface area contributed by atoms with Crippen molar-refractivity contribution in [1.29, 1.82) is 0 Å². The fourth-order valence-electron chi connectivity index (χ4n) is 4.65. The van der Waals surface area contributed by atoms with Crippen LogP contribution < -0.4 is 20.4 Å². The van der Waals surface area contributed by atoms with Gasteiger partial charge < -0.3 is 4.74 Å². The maximum Gasteiger partial charge on any atom is 0.296 e. The lowest BCUT2D eigenvalue weighted by Gasteiger charge is -2.08. The second kappa shape index (κ2) is 11.4. The Morgan fingerprint density at radius 3 is 2.50 bits per heavy atom. The van der Waals surface area contributed by atoms with Crippen LogP contribution in [-0.4, -0.2) is 31.0 Å². The predicted octanol–water partition coefficient (Wildman–Crippen LogP) is 4.68. The van der Waals surface area contributed by atoms with E-state index in [0.717, 1.165) is 50.6 Å². The van der Waals surface area contributed by atoms with Gasteiger partial charge in [-0.2, -0.15) is 19.7 Å². The Morgan fingerprint density at radius 1 is 0.976 bits per heavy atom.